The minimum absolute atomic E-state index is 0.241. The Kier molecular flexibility index (Phi) is 7.75. The lowest BCUT2D eigenvalue weighted by atomic mass is 10.2. The monoisotopic (exact) mass is 440 g/mol. The second-order valence-corrected chi connectivity index (χ2v) is 8.62. The molecule has 0 saturated heterocycles. The van der Waals surface area contributed by atoms with E-state index in [1.165, 1.54) is 20.1 Å². The molecule has 0 aliphatic carbocycles. The first-order valence-electron chi connectivity index (χ1n) is 8.99. The number of halogens is 1. The lowest BCUT2D eigenvalue weighted by Gasteiger charge is -2.28. The summed E-state index contributed by atoms with van der Waals surface area (Å²) < 4.78 is 36.4. The number of carbonyl (C=O) groups is 1. The van der Waals surface area contributed by atoms with E-state index in [2.05, 4.69) is 5.32 Å². The van der Waals surface area contributed by atoms with Crippen molar-refractivity contribution in [2.75, 3.05) is 24.3 Å². The number of ether oxygens (including phenoxy) is 2. The number of carbonyl (C=O) groups excluding carboxylic acids is 1. The highest BCUT2D eigenvalue weighted by Gasteiger charge is 2.29. The Balaban J connectivity index is 2.19. The van der Waals surface area contributed by atoms with Crippen LogP contribution >= 0.6 is 11.6 Å². The molecule has 2 aromatic carbocycles. The maximum absolute atomic E-state index is 12.7. The van der Waals surface area contributed by atoms with Crippen molar-refractivity contribution in [3.8, 4) is 11.5 Å². The van der Waals surface area contributed by atoms with Crippen LogP contribution in [0.15, 0.2) is 42.5 Å². The predicted molar refractivity (Wildman–Crippen MR) is 114 cm³/mol. The van der Waals surface area contributed by atoms with Gasteiger partial charge in [0.2, 0.25) is 15.9 Å². The van der Waals surface area contributed by atoms with Crippen LogP contribution in [0.1, 0.15) is 19.4 Å². The smallest absolute Gasteiger partial charge is 0.243 e. The van der Waals surface area contributed by atoms with E-state index in [0.29, 0.717) is 18.1 Å². The van der Waals surface area contributed by atoms with E-state index in [0.717, 1.165) is 16.1 Å². The largest absolute Gasteiger partial charge is 0.495 e. The summed E-state index contributed by atoms with van der Waals surface area (Å²) in [6.45, 7) is 4.19. The molecule has 158 valence electrons. The fourth-order valence-electron chi connectivity index (χ4n) is 2.85. The lowest BCUT2D eigenvalue weighted by molar-refractivity contribution is -0.122. The molecule has 0 radical (unpaired) electrons. The van der Waals surface area contributed by atoms with Gasteiger partial charge in [0, 0.05) is 6.54 Å². The lowest BCUT2D eigenvalue weighted by Crippen LogP contribution is -2.47. The van der Waals surface area contributed by atoms with Gasteiger partial charge in [0.05, 0.1) is 30.7 Å². The standard InChI is InChI=1S/C20H25ClN2O5S/c1-5-28-17-8-6-7-15(11-17)13-22-20(24)14(2)23(29(4,25)26)16-9-10-19(27-3)18(21)12-16/h6-12,14H,5,13H2,1-4H3,(H,22,24). The Hall–Kier alpha value is -2.45. The van der Waals surface area contributed by atoms with Crippen molar-refractivity contribution in [1.29, 1.82) is 0 Å². The quantitative estimate of drug-likeness (QED) is 0.647. The van der Waals surface area contributed by atoms with Crippen LogP contribution in [0.3, 0.4) is 0 Å². The second kappa shape index (κ2) is 9.84. The maximum atomic E-state index is 12.7. The van der Waals surface area contributed by atoms with Crippen LogP contribution in [-0.2, 0) is 21.4 Å². The number of anilines is 1. The van der Waals surface area contributed by atoms with Crippen molar-refractivity contribution in [1.82, 2.24) is 5.32 Å². The SMILES string of the molecule is CCOc1cccc(CNC(=O)C(C)N(c2ccc(OC)c(Cl)c2)S(C)(=O)=O)c1. The van der Waals surface area contributed by atoms with Crippen molar-refractivity contribution in [3.63, 3.8) is 0 Å². The van der Waals surface area contributed by atoms with Gasteiger partial charge in [0.25, 0.3) is 0 Å². The maximum Gasteiger partial charge on any atom is 0.243 e. The van der Waals surface area contributed by atoms with Gasteiger partial charge in [-0.1, -0.05) is 23.7 Å². The Morgan fingerprint density at radius 1 is 1.24 bits per heavy atom. The van der Waals surface area contributed by atoms with Crippen LogP contribution in [0, 0.1) is 0 Å². The number of amides is 1. The van der Waals surface area contributed by atoms with Crippen LogP contribution < -0.4 is 19.1 Å². The highest BCUT2D eigenvalue weighted by Crippen LogP contribution is 2.31. The number of nitrogens with zero attached hydrogens (tertiary/aromatic N) is 1. The molecule has 2 rings (SSSR count). The number of sulfonamides is 1. The van der Waals surface area contributed by atoms with E-state index in [1.807, 2.05) is 31.2 Å². The summed E-state index contributed by atoms with van der Waals surface area (Å²) in [4.78, 5) is 12.7. The molecule has 7 nitrogen and oxygen atoms in total. The van der Waals surface area contributed by atoms with Gasteiger partial charge in [-0.25, -0.2) is 8.42 Å². The molecular weight excluding hydrogens is 416 g/mol. The summed E-state index contributed by atoms with van der Waals surface area (Å²) in [5.74, 6) is 0.678. The first kappa shape index (κ1) is 22.8. The van der Waals surface area contributed by atoms with Crippen LogP contribution in [0.2, 0.25) is 5.02 Å². The van der Waals surface area contributed by atoms with Crippen molar-refractivity contribution < 1.29 is 22.7 Å². The molecule has 0 aliphatic heterocycles. The van der Waals surface area contributed by atoms with Crippen LogP contribution in [0.5, 0.6) is 11.5 Å². The number of benzene rings is 2. The zero-order valence-electron chi connectivity index (χ0n) is 16.8. The third kappa shape index (κ3) is 6.01. The summed E-state index contributed by atoms with van der Waals surface area (Å²) in [7, 11) is -2.28. The molecule has 2 aromatic rings. The molecule has 1 N–H and O–H groups in total. The fourth-order valence-corrected chi connectivity index (χ4v) is 4.27. The summed E-state index contributed by atoms with van der Waals surface area (Å²) in [6.07, 6.45) is 1.04. The minimum atomic E-state index is -3.74. The van der Waals surface area contributed by atoms with Crippen LogP contribution in [0.4, 0.5) is 5.69 Å². The van der Waals surface area contributed by atoms with Gasteiger partial charge < -0.3 is 14.8 Å². The van der Waals surface area contributed by atoms with E-state index >= 15 is 0 Å². The molecule has 9 heteroatoms. The number of rotatable bonds is 9. The summed E-state index contributed by atoms with van der Waals surface area (Å²) >= 11 is 6.13. The Labute approximate surface area is 176 Å². The zero-order chi connectivity index (χ0) is 21.6. The van der Waals surface area contributed by atoms with E-state index in [-0.39, 0.29) is 17.3 Å². The molecule has 0 spiro atoms. The molecular formula is C20H25ClN2O5S. The van der Waals surface area contributed by atoms with Gasteiger partial charge >= 0.3 is 0 Å². The highest BCUT2D eigenvalue weighted by molar-refractivity contribution is 7.92. The first-order valence-corrected chi connectivity index (χ1v) is 11.2. The van der Waals surface area contributed by atoms with Gasteiger partial charge in [-0.3, -0.25) is 9.10 Å². The average Bonchev–Trinajstić information content (AvgIpc) is 2.66. The van der Waals surface area contributed by atoms with Crippen molar-refractivity contribution in [3.05, 3.63) is 53.1 Å². The van der Waals surface area contributed by atoms with Gasteiger partial charge in [-0.2, -0.15) is 0 Å². The molecule has 0 fully saturated rings. The zero-order valence-corrected chi connectivity index (χ0v) is 18.4. The molecule has 0 bridgehead atoms. The number of methoxy groups -OCH3 is 1. The molecule has 0 heterocycles. The van der Waals surface area contributed by atoms with Gasteiger partial charge in [0.15, 0.2) is 0 Å². The topological polar surface area (TPSA) is 84.9 Å². The Bertz CT molecular complexity index is 965. The van der Waals surface area contributed by atoms with E-state index in [9.17, 15) is 13.2 Å². The van der Waals surface area contributed by atoms with Gasteiger partial charge in [-0.05, 0) is 49.7 Å². The molecule has 1 amide bonds. The Morgan fingerprint density at radius 3 is 2.55 bits per heavy atom. The summed E-state index contributed by atoms with van der Waals surface area (Å²) in [6, 6.07) is 10.9. The van der Waals surface area contributed by atoms with Gasteiger partial charge in [-0.15, -0.1) is 0 Å². The summed E-state index contributed by atoms with van der Waals surface area (Å²) in [5, 5.41) is 3.02. The van der Waals surface area contributed by atoms with E-state index in [1.54, 1.807) is 12.1 Å². The van der Waals surface area contributed by atoms with Crippen molar-refractivity contribution >= 4 is 33.2 Å². The molecule has 1 atom stereocenters. The molecule has 1 unspecified atom stereocenters. The highest BCUT2D eigenvalue weighted by atomic mass is 35.5. The van der Waals surface area contributed by atoms with Crippen LogP contribution in [0.25, 0.3) is 0 Å². The number of nitrogens with one attached hydrogen (secondary N) is 1. The molecule has 29 heavy (non-hydrogen) atoms. The normalized spacial score (nSPS) is 12.2. The van der Waals surface area contributed by atoms with Crippen molar-refractivity contribution in [2.24, 2.45) is 0 Å². The number of hydrogen-bond acceptors (Lipinski definition) is 5. The third-order valence-electron chi connectivity index (χ3n) is 4.15. The summed E-state index contributed by atoms with van der Waals surface area (Å²) in [5.41, 5.74) is 1.12. The second-order valence-electron chi connectivity index (χ2n) is 6.35. The average molecular weight is 441 g/mol. The van der Waals surface area contributed by atoms with E-state index in [4.69, 9.17) is 21.1 Å². The van der Waals surface area contributed by atoms with Crippen molar-refractivity contribution in [2.45, 2.75) is 26.4 Å². The molecule has 0 aliphatic rings. The predicted octanol–water partition coefficient (Wildman–Crippen LogP) is 3.22. The Morgan fingerprint density at radius 2 is 1.97 bits per heavy atom. The molecule has 0 aromatic heterocycles. The molecule has 0 saturated carbocycles. The third-order valence-corrected chi connectivity index (χ3v) is 5.69. The fraction of sp³-hybridized carbons (Fsp3) is 0.350. The van der Waals surface area contributed by atoms with E-state index < -0.39 is 22.0 Å². The van der Waals surface area contributed by atoms with Crippen LogP contribution in [-0.4, -0.2) is 40.3 Å². The number of hydrogen-bond donors (Lipinski definition) is 1. The van der Waals surface area contributed by atoms with Gasteiger partial charge in [0.1, 0.15) is 17.5 Å². The first-order chi connectivity index (χ1) is 13.7. The minimum Gasteiger partial charge on any atom is -0.495 e.